The molecule has 1 aliphatic rings. The fourth-order valence-corrected chi connectivity index (χ4v) is 4.61. The van der Waals surface area contributed by atoms with Gasteiger partial charge in [0.2, 0.25) is 0 Å². The molecule has 1 heterocycles. The molecule has 0 N–H and O–H groups in total. The summed E-state index contributed by atoms with van der Waals surface area (Å²) in [5, 5.41) is 0. The van der Waals surface area contributed by atoms with Gasteiger partial charge in [-0.1, -0.05) is 60.2 Å². The Hall–Kier alpha value is -1.69. The molecule has 0 aromatic heterocycles. The molecule has 2 aromatic carbocycles. The molecular formula is C18H22N2O2S. The van der Waals surface area contributed by atoms with Gasteiger partial charge >= 0.3 is 0 Å². The molecule has 122 valence electrons. The molecule has 23 heavy (non-hydrogen) atoms. The van der Waals surface area contributed by atoms with E-state index in [4.69, 9.17) is 0 Å². The van der Waals surface area contributed by atoms with E-state index in [-0.39, 0.29) is 0 Å². The normalized spacial score (nSPS) is 18.8. The topological polar surface area (TPSA) is 40.6 Å². The maximum absolute atomic E-state index is 12.9. The molecule has 0 saturated carbocycles. The lowest BCUT2D eigenvalue weighted by Crippen LogP contribution is -2.48. The molecule has 2 aromatic rings. The first-order valence-electron chi connectivity index (χ1n) is 7.90. The zero-order valence-corrected chi connectivity index (χ0v) is 14.2. The van der Waals surface area contributed by atoms with E-state index in [1.165, 1.54) is 0 Å². The van der Waals surface area contributed by atoms with Gasteiger partial charge in [0.15, 0.2) is 0 Å². The molecule has 4 nitrogen and oxygen atoms in total. The first-order valence-corrected chi connectivity index (χ1v) is 9.30. The Morgan fingerprint density at radius 2 is 1.48 bits per heavy atom. The second-order valence-electron chi connectivity index (χ2n) is 6.00. The Labute approximate surface area is 138 Å². The SMILES string of the molecule is Cc1cccc(CN2CCCN(Cc3ccccc3)S2(=O)=O)c1. The first-order chi connectivity index (χ1) is 11.1. The van der Waals surface area contributed by atoms with Gasteiger partial charge in [-0.05, 0) is 24.5 Å². The molecule has 0 spiro atoms. The monoisotopic (exact) mass is 330 g/mol. The van der Waals surface area contributed by atoms with Gasteiger partial charge in [0.1, 0.15) is 0 Å². The lowest BCUT2D eigenvalue weighted by Gasteiger charge is -2.34. The summed E-state index contributed by atoms with van der Waals surface area (Å²) in [6.45, 7) is 4.07. The minimum Gasteiger partial charge on any atom is -0.195 e. The summed E-state index contributed by atoms with van der Waals surface area (Å²) in [5.41, 5.74) is 3.21. The van der Waals surface area contributed by atoms with Crippen LogP contribution < -0.4 is 0 Å². The quantitative estimate of drug-likeness (QED) is 0.865. The van der Waals surface area contributed by atoms with Crippen molar-refractivity contribution in [2.45, 2.75) is 26.4 Å². The van der Waals surface area contributed by atoms with Gasteiger partial charge in [0, 0.05) is 26.2 Å². The fraction of sp³-hybridized carbons (Fsp3) is 0.333. The Morgan fingerprint density at radius 1 is 0.870 bits per heavy atom. The minimum absolute atomic E-state index is 0.438. The predicted octanol–water partition coefficient (Wildman–Crippen LogP) is 2.95. The van der Waals surface area contributed by atoms with E-state index in [1.807, 2.05) is 61.5 Å². The third-order valence-corrected chi connectivity index (χ3v) is 6.04. The summed E-state index contributed by atoms with van der Waals surface area (Å²) in [4.78, 5) is 0. The van der Waals surface area contributed by atoms with Crippen LogP contribution in [0.1, 0.15) is 23.1 Å². The van der Waals surface area contributed by atoms with Crippen molar-refractivity contribution < 1.29 is 8.42 Å². The van der Waals surface area contributed by atoms with E-state index in [2.05, 4.69) is 0 Å². The van der Waals surface area contributed by atoms with Crippen LogP contribution in [0.4, 0.5) is 0 Å². The molecule has 0 unspecified atom stereocenters. The Morgan fingerprint density at radius 3 is 2.13 bits per heavy atom. The summed E-state index contributed by atoms with van der Waals surface area (Å²) in [6.07, 6.45) is 0.859. The van der Waals surface area contributed by atoms with E-state index in [1.54, 1.807) is 8.61 Å². The van der Waals surface area contributed by atoms with Gasteiger partial charge in [-0.3, -0.25) is 0 Å². The lowest BCUT2D eigenvalue weighted by atomic mass is 10.1. The number of hydrogen-bond donors (Lipinski definition) is 0. The second kappa shape index (κ2) is 6.83. The third-order valence-electron chi connectivity index (χ3n) is 4.11. The number of nitrogens with zero attached hydrogens (tertiary/aromatic N) is 2. The zero-order valence-electron chi connectivity index (χ0n) is 13.4. The van der Waals surface area contributed by atoms with Crippen LogP contribution in [0, 0.1) is 6.92 Å². The molecule has 1 aliphatic heterocycles. The summed E-state index contributed by atoms with van der Waals surface area (Å²) >= 11 is 0. The standard InChI is InChI=1S/C18H22N2O2S/c1-16-7-5-10-18(13-16)15-20-12-6-11-19(23(20,21)22)14-17-8-3-2-4-9-17/h2-5,7-10,13H,6,11-12,14-15H2,1H3. The highest BCUT2D eigenvalue weighted by atomic mass is 32.2. The maximum atomic E-state index is 12.9. The van der Waals surface area contributed by atoms with Crippen molar-refractivity contribution in [1.29, 1.82) is 0 Å². The van der Waals surface area contributed by atoms with E-state index < -0.39 is 10.2 Å². The zero-order chi connectivity index (χ0) is 16.3. The van der Waals surface area contributed by atoms with Crippen LogP contribution in [-0.2, 0) is 23.3 Å². The van der Waals surface area contributed by atoms with Crippen molar-refractivity contribution >= 4 is 10.2 Å². The van der Waals surface area contributed by atoms with Gasteiger partial charge in [-0.15, -0.1) is 0 Å². The van der Waals surface area contributed by atoms with Crippen molar-refractivity contribution in [3.8, 4) is 0 Å². The fourth-order valence-electron chi connectivity index (χ4n) is 2.94. The Kier molecular flexibility index (Phi) is 4.80. The average molecular weight is 330 g/mol. The van der Waals surface area contributed by atoms with Crippen LogP contribution in [0.3, 0.4) is 0 Å². The van der Waals surface area contributed by atoms with Gasteiger partial charge < -0.3 is 0 Å². The van der Waals surface area contributed by atoms with Crippen molar-refractivity contribution in [2.24, 2.45) is 0 Å². The van der Waals surface area contributed by atoms with Crippen molar-refractivity contribution in [1.82, 2.24) is 8.61 Å². The van der Waals surface area contributed by atoms with E-state index in [0.29, 0.717) is 26.2 Å². The van der Waals surface area contributed by atoms with Gasteiger partial charge in [0.25, 0.3) is 10.2 Å². The summed E-state index contributed by atoms with van der Waals surface area (Å²) < 4.78 is 28.9. The minimum atomic E-state index is -3.41. The summed E-state index contributed by atoms with van der Waals surface area (Å²) in [7, 11) is -3.41. The van der Waals surface area contributed by atoms with Gasteiger partial charge in [-0.2, -0.15) is 17.0 Å². The molecule has 0 bridgehead atoms. The highest BCUT2D eigenvalue weighted by Gasteiger charge is 2.33. The first kappa shape index (κ1) is 16.2. The van der Waals surface area contributed by atoms with Crippen LogP contribution in [0.5, 0.6) is 0 Å². The van der Waals surface area contributed by atoms with E-state index in [9.17, 15) is 8.42 Å². The highest BCUT2D eigenvalue weighted by Crippen LogP contribution is 2.21. The lowest BCUT2D eigenvalue weighted by molar-refractivity contribution is 0.276. The van der Waals surface area contributed by atoms with Crippen LogP contribution >= 0.6 is 0 Å². The Balaban J connectivity index is 1.77. The molecule has 5 heteroatoms. The number of benzene rings is 2. The van der Waals surface area contributed by atoms with Crippen LogP contribution in [0.15, 0.2) is 54.6 Å². The smallest absolute Gasteiger partial charge is 0.195 e. The molecule has 0 radical (unpaired) electrons. The number of hydrogen-bond acceptors (Lipinski definition) is 2. The van der Waals surface area contributed by atoms with Gasteiger partial charge in [0.05, 0.1) is 0 Å². The van der Waals surface area contributed by atoms with Crippen molar-refractivity contribution in [3.05, 3.63) is 71.3 Å². The molecule has 0 atom stereocenters. The second-order valence-corrected chi connectivity index (χ2v) is 7.93. The Bertz CT molecular complexity index is 760. The number of aryl methyl sites for hydroxylation is 1. The molecular weight excluding hydrogens is 308 g/mol. The molecule has 3 rings (SSSR count). The van der Waals surface area contributed by atoms with Crippen LogP contribution in [0.25, 0.3) is 0 Å². The predicted molar refractivity (Wildman–Crippen MR) is 92.0 cm³/mol. The van der Waals surface area contributed by atoms with Crippen LogP contribution in [0.2, 0.25) is 0 Å². The molecule has 0 amide bonds. The molecule has 1 saturated heterocycles. The van der Waals surface area contributed by atoms with E-state index >= 15 is 0 Å². The third kappa shape index (κ3) is 3.80. The summed E-state index contributed by atoms with van der Waals surface area (Å²) in [5.74, 6) is 0. The van der Waals surface area contributed by atoms with Crippen molar-refractivity contribution in [2.75, 3.05) is 13.1 Å². The van der Waals surface area contributed by atoms with E-state index in [0.717, 1.165) is 23.1 Å². The molecule has 1 fully saturated rings. The molecule has 0 aliphatic carbocycles. The maximum Gasteiger partial charge on any atom is 0.282 e. The van der Waals surface area contributed by atoms with Crippen LogP contribution in [-0.4, -0.2) is 30.1 Å². The van der Waals surface area contributed by atoms with Crippen molar-refractivity contribution in [3.63, 3.8) is 0 Å². The summed E-state index contributed by atoms with van der Waals surface area (Å²) in [6, 6.07) is 17.8. The number of rotatable bonds is 4. The highest BCUT2D eigenvalue weighted by molar-refractivity contribution is 7.86. The largest absolute Gasteiger partial charge is 0.282 e. The average Bonchev–Trinajstić information content (AvgIpc) is 2.53. The van der Waals surface area contributed by atoms with Gasteiger partial charge in [-0.25, -0.2) is 0 Å².